The van der Waals surface area contributed by atoms with E-state index in [-0.39, 0.29) is 30.1 Å². The van der Waals surface area contributed by atoms with Crippen LogP contribution >= 0.6 is 0 Å². The Balaban J connectivity index is 1.46. The molecular formula is C23H33N3O4. The number of rotatable bonds is 7. The van der Waals surface area contributed by atoms with Crippen LogP contribution in [0.3, 0.4) is 0 Å². The zero-order chi connectivity index (χ0) is 21.7. The van der Waals surface area contributed by atoms with E-state index in [1.807, 2.05) is 41.8 Å². The summed E-state index contributed by atoms with van der Waals surface area (Å²) < 4.78 is 4.94. The van der Waals surface area contributed by atoms with Gasteiger partial charge in [0.25, 0.3) is 5.91 Å². The van der Waals surface area contributed by atoms with E-state index in [2.05, 4.69) is 5.32 Å². The molecule has 30 heavy (non-hydrogen) atoms. The van der Waals surface area contributed by atoms with Crippen molar-refractivity contribution in [3.63, 3.8) is 0 Å². The SMILES string of the molecule is COCCNC(=O)C1CC(=O)N(CC2CCN(C(=O)c3ccc(C)c(C)c3)CC2)C1. The maximum atomic E-state index is 12.8. The van der Waals surface area contributed by atoms with Crippen molar-refractivity contribution in [3.8, 4) is 0 Å². The molecule has 2 aliphatic rings. The lowest BCUT2D eigenvalue weighted by molar-refractivity contribution is -0.129. The van der Waals surface area contributed by atoms with Crippen molar-refractivity contribution >= 4 is 17.7 Å². The normalized spacial score (nSPS) is 20.0. The lowest BCUT2D eigenvalue weighted by Crippen LogP contribution is -2.42. The topological polar surface area (TPSA) is 79.0 Å². The fourth-order valence-electron chi connectivity index (χ4n) is 4.23. The first-order valence-corrected chi connectivity index (χ1v) is 10.8. The molecule has 1 aromatic carbocycles. The summed E-state index contributed by atoms with van der Waals surface area (Å²) in [6.07, 6.45) is 2.04. The second-order valence-electron chi connectivity index (χ2n) is 8.52. The zero-order valence-electron chi connectivity index (χ0n) is 18.3. The molecule has 0 saturated carbocycles. The second kappa shape index (κ2) is 10.1. The maximum absolute atomic E-state index is 12.8. The van der Waals surface area contributed by atoms with Crippen molar-refractivity contribution in [1.82, 2.24) is 15.1 Å². The number of nitrogens with zero attached hydrogens (tertiary/aromatic N) is 2. The smallest absolute Gasteiger partial charge is 0.253 e. The Labute approximate surface area is 178 Å². The van der Waals surface area contributed by atoms with Gasteiger partial charge in [0.05, 0.1) is 12.5 Å². The fourth-order valence-corrected chi connectivity index (χ4v) is 4.23. The Morgan fingerprint density at radius 3 is 2.57 bits per heavy atom. The molecule has 0 bridgehead atoms. The van der Waals surface area contributed by atoms with Crippen LogP contribution < -0.4 is 5.32 Å². The van der Waals surface area contributed by atoms with Crippen LogP contribution in [0.25, 0.3) is 0 Å². The molecule has 7 heteroatoms. The zero-order valence-corrected chi connectivity index (χ0v) is 18.3. The minimum atomic E-state index is -0.277. The van der Waals surface area contributed by atoms with E-state index in [1.54, 1.807) is 7.11 Å². The summed E-state index contributed by atoms with van der Waals surface area (Å²) in [7, 11) is 1.59. The first kappa shape index (κ1) is 22.3. The van der Waals surface area contributed by atoms with Crippen molar-refractivity contribution in [2.45, 2.75) is 33.1 Å². The number of piperidine rings is 1. The minimum absolute atomic E-state index is 0.0514. The largest absolute Gasteiger partial charge is 0.383 e. The molecule has 0 aromatic heterocycles. The molecule has 1 atom stereocenters. The number of carbonyl (C=O) groups is 3. The van der Waals surface area contributed by atoms with Gasteiger partial charge in [-0.05, 0) is 55.9 Å². The van der Waals surface area contributed by atoms with Crippen LogP contribution in [0.1, 0.15) is 40.7 Å². The Kier molecular flexibility index (Phi) is 7.48. The van der Waals surface area contributed by atoms with Crippen LogP contribution in [0.2, 0.25) is 0 Å². The average Bonchev–Trinajstić information content (AvgIpc) is 3.10. The molecule has 0 spiro atoms. The summed E-state index contributed by atoms with van der Waals surface area (Å²) >= 11 is 0. The summed E-state index contributed by atoms with van der Waals surface area (Å²) in [5.41, 5.74) is 3.06. The third-order valence-corrected chi connectivity index (χ3v) is 6.32. The number of carbonyl (C=O) groups excluding carboxylic acids is 3. The first-order valence-electron chi connectivity index (χ1n) is 10.8. The highest BCUT2D eigenvalue weighted by Crippen LogP contribution is 2.25. The van der Waals surface area contributed by atoms with Gasteiger partial charge < -0.3 is 19.9 Å². The number of benzene rings is 1. The Morgan fingerprint density at radius 1 is 1.17 bits per heavy atom. The van der Waals surface area contributed by atoms with Crippen LogP contribution in [0.15, 0.2) is 18.2 Å². The predicted octanol–water partition coefficient (Wildman–Crippen LogP) is 1.77. The van der Waals surface area contributed by atoms with Gasteiger partial charge in [0.1, 0.15) is 0 Å². The monoisotopic (exact) mass is 415 g/mol. The van der Waals surface area contributed by atoms with Crippen molar-refractivity contribution in [2.24, 2.45) is 11.8 Å². The minimum Gasteiger partial charge on any atom is -0.383 e. The molecule has 1 unspecified atom stereocenters. The maximum Gasteiger partial charge on any atom is 0.253 e. The molecule has 2 saturated heterocycles. The van der Waals surface area contributed by atoms with Gasteiger partial charge in [-0.25, -0.2) is 0 Å². The third-order valence-electron chi connectivity index (χ3n) is 6.32. The summed E-state index contributed by atoms with van der Waals surface area (Å²) in [5.74, 6) is 0.155. The van der Waals surface area contributed by atoms with Gasteiger partial charge in [-0.1, -0.05) is 6.07 Å². The highest BCUT2D eigenvalue weighted by atomic mass is 16.5. The number of ether oxygens (including phenoxy) is 1. The molecule has 2 aliphatic heterocycles. The van der Waals surface area contributed by atoms with E-state index < -0.39 is 0 Å². The van der Waals surface area contributed by atoms with Crippen molar-refractivity contribution in [1.29, 1.82) is 0 Å². The number of amides is 3. The van der Waals surface area contributed by atoms with E-state index in [0.29, 0.717) is 45.2 Å². The number of nitrogens with one attached hydrogen (secondary N) is 1. The Morgan fingerprint density at radius 2 is 1.90 bits per heavy atom. The van der Waals surface area contributed by atoms with Gasteiger partial charge in [0, 0.05) is 51.8 Å². The summed E-state index contributed by atoms with van der Waals surface area (Å²) in [4.78, 5) is 41.1. The van der Waals surface area contributed by atoms with Crippen LogP contribution in [0.5, 0.6) is 0 Å². The van der Waals surface area contributed by atoms with E-state index in [1.165, 1.54) is 5.56 Å². The van der Waals surface area contributed by atoms with Crippen LogP contribution in [0, 0.1) is 25.7 Å². The van der Waals surface area contributed by atoms with Gasteiger partial charge in [-0.2, -0.15) is 0 Å². The summed E-state index contributed by atoms with van der Waals surface area (Å²) in [6.45, 7) is 7.58. The number of hydrogen-bond donors (Lipinski definition) is 1. The lowest BCUT2D eigenvalue weighted by atomic mass is 9.95. The van der Waals surface area contributed by atoms with E-state index in [9.17, 15) is 14.4 Å². The van der Waals surface area contributed by atoms with Crippen LogP contribution in [0.4, 0.5) is 0 Å². The van der Waals surface area contributed by atoms with Gasteiger partial charge in [-0.3, -0.25) is 14.4 Å². The standard InChI is InChI=1S/C23H33N3O4/c1-16-4-5-19(12-17(16)2)23(29)25-9-6-18(7-10-25)14-26-15-20(13-21(26)27)22(28)24-8-11-30-3/h4-5,12,18,20H,6-11,13-15H2,1-3H3,(H,24,28). The third kappa shape index (κ3) is 5.39. The van der Waals surface area contributed by atoms with E-state index in [0.717, 1.165) is 24.0 Å². The van der Waals surface area contributed by atoms with E-state index >= 15 is 0 Å². The first-order chi connectivity index (χ1) is 14.4. The predicted molar refractivity (Wildman–Crippen MR) is 114 cm³/mol. The molecule has 7 nitrogen and oxygen atoms in total. The van der Waals surface area contributed by atoms with Crippen molar-refractivity contribution in [2.75, 3.05) is 46.4 Å². The van der Waals surface area contributed by atoms with Gasteiger partial charge in [0.15, 0.2) is 0 Å². The lowest BCUT2D eigenvalue weighted by Gasteiger charge is -2.34. The number of aryl methyl sites for hydroxylation is 2. The highest BCUT2D eigenvalue weighted by Gasteiger charge is 2.36. The van der Waals surface area contributed by atoms with Crippen LogP contribution in [-0.4, -0.2) is 74.0 Å². The summed E-state index contributed by atoms with van der Waals surface area (Å²) in [5, 5.41) is 2.82. The Hall–Kier alpha value is -2.41. The number of hydrogen-bond acceptors (Lipinski definition) is 4. The average molecular weight is 416 g/mol. The Bertz CT molecular complexity index is 787. The molecule has 1 N–H and O–H groups in total. The molecule has 164 valence electrons. The second-order valence-corrected chi connectivity index (χ2v) is 8.52. The molecule has 1 aromatic rings. The van der Waals surface area contributed by atoms with Crippen molar-refractivity contribution in [3.05, 3.63) is 34.9 Å². The van der Waals surface area contributed by atoms with Crippen molar-refractivity contribution < 1.29 is 19.1 Å². The molecular weight excluding hydrogens is 382 g/mol. The summed E-state index contributed by atoms with van der Waals surface area (Å²) in [6, 6.07) is 5.86. The molecule has 0 radical (unpaired) electrons. The van der Waals surface area contributed by atoms with Gasteiger partial charge in [-0.15, -0.1) is 0 Å². The van der Waals surface area contributed by atoms with Gasteiger partial charge >= 0.3 is 0 Å². The number of methoxy groups -OCH3 is 1. The van der Waals surface area contributed by atoms with E-state index in [4.69, 9.17) is 4.74 Å². The number of likely N-dealkylation sites (tertiary alicyclic amines) is 2. The highest BCUT2D eigenvalue weighted by molar-refractivity contribution is 5.94. The molecule has 3 amide bonds. The van der Waals surface area contributed by atoms with Crippen LogP contribution in [-0.2, 0) is 14.3 Å². The molecule has 0 aliphatic carbocycles. The van der Waals surface area contributed by atoms with Gasteiger partial charge in [0.2, 0.25) is 11.8 Å². The molecule has 2 heterocycles. The molecule has 2 fully saturated rings. The molecule has 3 rings (SSSR count). The quantitative estimate of drug-likeness (QED) is 0.689. The fraction of sp³-hybridized carbons (Fsp3) is 0.609.